The van der Waals surface area contributed by atoms with E-state index in [0.717, 1.165) is 0 Å². The van der Waals surface area contributed by atoms with E-state index in [2.05, 4.69) is 11.7 Å². The van der Waals surface area contributed by atoms with Crippen molar-refractivity contribution >= 4 is 0 Å². The van der Waals surface area contributed by atoms with Crippen molar-refractivity contribution in [2.45, 2.75) is 12.8 Å². The molecular weight excluding hydrogens is 74.1 g/mol. The van der Waals surface area contributed by atoms with E-state index in [4.69, 9.17) is 0 Å². The number of hydrogen-bond acceptors (Lipinski definition) is 1. The molecule has 0 atom stereocenters. The Labute approximate surface area is 39.7 Å². The second-order valence-corrected chi connectivity index (χ2v) is 1.37. The van der Waals surface area contributed by atoms with Crippen molar-refractivity contribution in [2.75, 3.05) is 14.1 Å². The molecule has 1 saturated carbocycles. The highest BCUT2D eigenvalue weighted by atomic mass is 14.7. The first kappa shape index (κ1) is 5.96. The first-order chi connectivity index (χ1) is 2.91. The van der Waals surface area contributed by atoms with Gasteiger partial charge in [-0.3, -0.25) is 0 Å². The number of hydrogen-bond donors (Lipinski definition) is 1. The molecule has 1 aliphatic carbocycles. The van der Waals surface area contributed by atoms with E-state index in [1.807, 2.05) is 14.1 Å². The van der Waals surface area contributed by atoms with Gasteiger partial charge >= 0.3 is 0 Å². The Morgan fingerprint density at radius 3 is 1.50 bits per heavy atom. The maximum atomic E-state index is 2.75. The third kappa shape index (κ3) is 37.6. The quantitative estimate of drug-likeness (QED) is 0.460. The molecule has 0 bridgehead atoms. The zero-order valence-corrected chi connectivity index (χ0v) is 4.49. The fourth-order valence-electron chi connectivity index (χ4n) is 0. The predicted molar refractivity (Wildman–Crippen MR) is 28.5 cm³/mol. The van der Waals surface area contributed by atoms with Crippen molar-refractivity contribution in [1.29, 1.82) is 0 Å². The highest BCUT2D eigenvalue weighted by Gasteiger charge is 1.95. The Kier molecular flexibility index (Phi) is 4.93. The van der Waals surface area contributed by atoms with Crippen LogP contribution in [0, 0.1) is 6.42 Å². The van der Waals surface area contributed by atoms with E-state index in [-0.39, 0.29) is 0 Å². The minimum Gasteiger partial charge on any atom is -0.323 e. The summed E-state index contributed by atoms with van der Waals surface area (Å²) in [7, 11) is 3.75. The van der Waals surface area contributed by atoms with Gasteiger partial charge in [0.25, 0.3) is 0 Å². The van der Waals surface area contributed by atoms with E-state index >= 15 is 0 Å². The van der Waals surface area contributed by atoms with Gasteiger partial charge in [-0.25, -0.2) is 0 Å². The average Bonchev–Trinajstić information content (AvgIpc) is 2.11. The molecule has 0 unspecified atom stereocenters. The molecule has 0 aromatic heterocycles. The summed E-state index contributed by atoms with van der Waals surface area (Å²) < 4.78 is 0. The summed E-state index contributed by atoms with van der Waals surface area (Å²) in [5.41, 5.74) is 0. The molecule has 0 aliphatic heterocycles. The molecule has 1 N–H and O–H groups in total. The minimum atomic E-state index is 1.38. The standard InChI is InChI=1S/C3H5.C2H7N/c1-2-3-1;1-3-2/h1H,2-3H2;3H,1-2H3. The normalized spacial score (nSPS) is 15.0. The molecule has 0 saturated heterocycles. The van der Waals surface area contributed by atoms with Crippen LogP contribution in [0.3, 0.4) is 0 Å². The molecule has 1 aliphatic rings. The Morgan fingerprint density at radius 1 is 1.33 bits per heavy atom. The van der Waals surface area contributed by atoms with Crippen LogP contribution in [0.4, 0.5) is 0 Å². The van der Waals surface area contributed by atoms with Crippen LogP contribution < -0.4 is 5.32 Å². The molecular formula is C5H12N. The number of rotatable bonds is 0. The van der Waals surface area contributed by atoms with Gasteiger partial charge in [0.1, 0.15) is 0 Å². The van der Waals surface area contributed by atoms with Crippen molar-refractivity contribution in [1.82, 2.24) is 5.32 Å². The summed E-state index contributed by atoms with van der Waals surface area (Å²) >= 11 is 0. The van der Waals surface area contributed by atoms with Crippen LogP contribution in [0.5, 0.6) is 0 Å². The van der Waals surface area contributed by atoms with Crippen LogP contribution in [-0.4, -0.2) is 14.1 Å². The van der Waals surface area contributed by atoms with E-state index in [9.17, 15) is 0 Å². The summed E-state index contributed by atoms with van der Waals surface area (Å²) in [6.07, 6.45) is 5.00. The zero-order valence-electron chi connectivity index (χ0n) is 4.49. The van der Waals surface area contributed by atoms with Gasteiger partial charge in [-0.1, -0.05) is 0 Å². The summed E-state index contributed by atoms with van der Waals surface area (Å²) in [6, 6.07) is 0. The molecule has 1 radical (unpaired) electrons. The van der Waals surface area contributed by atoms with Crippen LogP contribution in [0.1, 0.15) is 12.8 Å². The molecule has 1 fully saturated rings. The lowest BCUT2D eigenvalue weighted by Gasteiger charge is -1.59. The van der Waals surface area contributed by atoms with E-state index < -0.39 is 0 Å². The highest BCUT2D eigenvalue weighted by molar-refractivity contribution is 4.79. The van der Waals surface area contributed by atoms with Crippen LogP contribution in [0.25, 0.3) is 0 Å². The summed E-state index contributed by atoms with van der Waals surface area (Å²) in [4.78, 5) is 0. The summed E-state index contributed by atoms with van der Waals surface area (Å²) in [5.74, 6) is 0. The van der Waals surface area contributed by atoms with Crippen LogP contribution in [-0.2, 0) is 0 Å². The Hall–Kier alpha value is -0.0400. The molecule has 1 nitrogen and oxygen atoms in total. The Morgan fingerprint density at radius 2 is 1.50 bits per heavy atom. The van der Waals surface area contributed by atoms with Crippen molar-refractivity contribution in [3.8, 4) is 0 Å². The van der Waals surface area contributed by atoms with E-state index in [1.54, 1.807) is 0 Å². The first-order valence-corrected chi connectivity index (χ1v) is 2.32. The molecule has 0 aromatic rings. The maximum Gasteiger partial charge on any atom is -0.0167 e. The molecule has 0 aromatic carbocycles. The monoisotopic (exact) mass is 86.1 g/mol. The molecule has 0 amide bonds. The second-order valence-electron chi connectivity index (χ2n) is 1.37. The van der Waals surface area contributed by atoms with Crippen LogP contribution in [0.15, 0.2) is 0 Å². The fraction of sp³-hybridized carbons (Fsp3) is 0.800. The summed E-state index contributed by atoms with van der Waals surface area (Å²) in [6.45, 7) is 0. The summed E-state index contributed by atoms with van der Waals surface area (Å²) in [5, 5.41) is 2.75. The van der Waals surface area contributed by atoms with Gasteiger partial charge in [-0.15, -0.1) is 0 Å². The van der Waals surface area contributed by atoms with Crippen molar-refractivity contribution in [3.63, 3.8) is 0 Å². The minimum absolute atomic E-state index is 1.38. The highest BCUT2D eigenvalue weighted by Crippen LogP contribution is 2.12. The third-order valence-electron chi connectivity index (χ3n) is 0.289. The fourth-order valence-corrected chi connectivity index (χ4v) is 0. The molecule has 6 heavy (non-hydrogen) atoms. The Balaban J connectivity index is 0.0000000833. The first-order valence-electron chi connectivity index (χ1n) is 2.32. The van der Waals surface area contributed by atoms with Gasteiger partial charge in [-0.2, -0.15) is 0 Å². The topological polar surface area (TPSA) is 12.0 Å². The van der Waals surface area contributed by atoms with Crippen LogP contribution >= 0.6 is 0 Å². The van der Waals surface area contributed by atoms with Crippen LogP contribution in [0.2, 0.25) is 0 Å². The van der Waals surface area contributed by atoms with Gasteiger partial charge in [-0.05, 0) is 33.4 Å². The molecule has 37 valence electrons. The average molecular weight is 86.2 g/mol. The Bertz CT molecular complexity index is 15.1. The smallest absolute Gasteiger partial charge is 0.0167 e. The lowest BCUT2D eigenvalue weighted by atomic mass is 11.0. The van der Waals surface area contributed by atoms with E-state index in [0.29, 0.717) is 0 Å². The van der Waals surface area contributed by atoms with Crippen molar-refractivity contribution < 1.29 is 0 Å². The zero-order chi connectivity index (χ0) is 4.83. The van der Waals surface area contributed by atoms with Gasteiger partial charge in [0.2, 0.25) is 0 Å². The molecule has 0 heterocycles. The third-order valence-corrected chi connectivity index (χ3v) is 0.289. The maximum absolute atomic E-state index is 2.75. The van der Waals surface area contributed by atoms with Crippen molar-refractivity contribution in [3.05, 3.63) is 6.42 Å². The van der Waals surface area contributed by atoms with Gasteiger partial charge < -0.3 is 5.32 Å². The SMILES string of the molecule is CNC.[CH]1CC1. The second kappa shape index (κ2) is 4.96. The number of nitrogens with one attached hydrogen (secondary N) is 1. The van der Waals surface area contributed by atoms with Gasteiger partial charge in [0.05, 0.1) is 0 Å². The molecule has 1 rings (SSSR count). The van der Waals surface area contributed by atoms with Crippen molar-refractivity contribution in [2.24, 2.45) is 0 Å². The van der Waals surface area contributed by atoms with E-state index in [1.165, 1.54) is 12.8 Å². The molecule has 0 spiro atoms. The lowest BCUT2D eigenvalue weighted by Crippen LogP contribution is -1.89. The van der Waals surface area contributed by atoms with Gasteiger partial charge in [0, 0.05) is 0 Å². The molecule has 1 heteroatoms. The lowest BCUT2D eigenvalue weighted by molar-refractivity contribution is 1.02. The predicted octanol–water partition coefficient (Wildman–Crippen LogP) is 0.820. The largest absolute Gasteiger partial charge is 0.323 e. The van der Waals surface area contributed by atoms with Gasteiger partial charge in [0.15, 0.2) is 0 Å².